The third-order valence-corrected chi connectivity index (χ3v) is 4.69. The van der Waals surface area contributed by atoms with Crippen molar-refractivity contribution in [1.29, 1.82) is 0 Å². The van der Waals surface area contributed by atoms with Gasteiger partial charge in [-0.25, -0.2) is 0 Å². The van der Waals surface area contributed by atoms with Crippen molar-refractivity contribution in [2.45, 2.75) is 0 Å². The van der Waals surface area contributed by atoms with E-state index in [9.17, 15) is 0 Å². The van der Waals surface area contributed by atoms with Crippen molar-refractivity contribution in [3.05, 3.63) is 0 Å². The lowest BCUT2D eigenvalue weighted by Gasteiger charge is -2.38. The van der Waals surface area contributed by atoms with Crippen LogP contribution in [0.15, 0.2) is 0 Å². The molecule has 152 valence electrons. The van der Waals surface area contributed by atoms with Gasteiger partial charge in [-0.15, -0.1) is 0 Å². The lowest BCUT2D eigenvalue weighted by molar-refractivity contribution is -0.914. The first kappa shape index (κ1) is 32.8. The number of fused-ring (bicyclic) bond motifs is 6. The van der Waals surface area contributed by atoms with Gasteiger partial charge in [0.15, 0.2) is 0 Å². The molecule has 6 rings (SSSR count). The highest BCUT2D eigenvalue weighted by Crippen LogP contribution is 1.91. The van der Waals surface area contributed by atoms with E-state index in [1.807, 2.05) is 9.80 Å². The van der Waals surface area contributed by atoms with E-state index in [4.69, 9.17) is 10.2 Å². The van der Waals surface area contributed by atoms with Crippen LogP contribution in [0.2, 0.25) is 0 Å². The molecule has 4 bridgehead atoms. The highest BCUT2D eigenvalue weighted by Gasteiger charge is 2.26. The van der Waals surface area contributed by atoms with Crippen LogP contribution in [0.3, 0.4) is 0 Å². The molecule has 8 N–H and O–H groups in total. The Morgan fingerprint density at radius 3 is 0.708 bits per heavy atom. The number of rotatable bonds is 0. The number of hydrogen-bond acceptors (Lipinski definition) is 4. The highest BCUT2D eigenvalue weighted by atomic mass is 127. The summed E-state index contributed by atoms with van der Waals surface area (Å²) in [5, 5.41) is 14.0. The van der Waals surface area contributed by atoms with Crippen LogP contribution in [0.1, 0.15) is 0 Å². The van der Waals surface area contributed by atoms with Crippen LogP contribution in [-0.2, 0) is 0 Å². The molecule has 6 heterocycles. The van der Waals surface area contributed by atoms with Gasteiger partial charge in [0.05, 0.1) is 39.3 Å². The van der Waals surface area contributed by atoms with Gasteiger partial charge in [-0.3, -0.25) is 9.80 Å². The van der Waals surface area contributed by atoms with Gasteiger partial charge in [0, 0.05) is 53.5 Å². The minimum atomic E-state index is 0. The van der Waals surface area contributed by atoms with Crippen LogP contribution in [0, 0.1) is 0 Å². The number of nitrogens with one attached hydrogen (secondary N) is 2. The van der Waals surface area contributed by atoms with Crippen LogP contribution in [-0.4, -0.2) is 124 Å². The summed E-state index contributed by atoms with van der Waals surface area (Å²) in [7, 11) is 2.00. The SMILES string of the molecule is C1C[NH+]2CCN1CC2.C1C[NH+]2CCN1CC2.CO.CO.O.O.[I-].[I-]. The van der Waals surface area contributed by atoms with E-state index in [-0.39, 0.29) is 58.9 Å². The Morgan fingerprint density at radius 1 is 0.500 bits per heavy atom. The van der Waals surface area contributed by atoms with E-state index >= 15 is 0 Å². The van der Waals surface area contributed by atoms with Crippen molar-refractivity contribution >= 4 is 0 Å². The molecule has 6 saturated heterocycles. The van der Waals surface area contributed by atoms with Crippen LogP contribution in [0.25, 0.3) is 0 Å². The van der Waals surface area contributed by atoms with Crippen molar-refractivity contribution in [2.24, 2.45) is 0 Å². The lowest BCUT2D eigenvalue weighted by atomic mass is 10.2. The smallest absolute Gasteiger partial charge is 0.0901 e. The Kier molecular flexibility index (Phi) is 27.9. The largest absolute Gasteiger partial charge is 1.00 e. The van der Waals surface area contributed by atoms with Crippen LogP contribution < -0.4 is 57.8 Å². The molecule has 0 atom stereocenters. The van der Waals surface area contributed by atoms with Crippen LogP contribution >= 0.6 is 0 Å². The first-order valence-corrected chi connectivity index (χ1v) is 7.91. The average Bonchev–Trinajstić information content (AvgIpc) is 2.62. The fourth-order valence-electron chi connectivity index (χ4n) is 3.32. The zero-order chi connectivity index (χ0) is 14.8. The molecule has 6 aliphatic rings. The second-order valence-corrected chi connectivity index (χ2v) is 5.68. The maximum Gasteiger partial charge on any atom is 0.0901 e. The van der Waals surface area contributed by atoms with E-state index in [1.54, 1.807) is 0 Å². The number of piperazine rings is 6. The molecule has 10 heteroatoms. The molecule has 0 radical (unpaired) electrons. The van der Waals surface area contributed by atoms with Gasteiger partial charge >= 0.3 is 0 Å². The van der Waals surface area contributed by atoms with Crippen molar-refractivity contribution in [1.82, 2.24) is 9.80 Å². The third kappa shape index (κ3) is 11.7. The fourth-order valence-corrected chi connectivity index (χ4v) is 3.32. The Hall–Kier alpha value is 1.14. The molecule has 0 aromatic carbocycles. The molecular formula is C14H38I2N4O4. The Labute approximate surface area is 180 Å². The molecule has 8 nitrogen and oxygen atoms in total. The molecule has 0 aromatic heterocycles. The quantitative estimate of drug-likeness (QED) is 0.213. The average molecular weight is 580 g/mol. The van der Waals surface area contributed by atoms with Gasteiger partial charge in [-0.2, -0.15) is 0 Å². The first-order valence-electron chi connectivity index (χ1n) is 7.91. The van der Waals surface area contributed by atoms with Crippen molar-refractivity contribution in [3.63, 3.8) is 0 Å². The molecule has 6 aliphatic heterocycles. The predicted octanol–water partition coefficient (Wildman–Crippen LogP) is -12.0. The lowest BCUT2D eigenvalue weighted by Crippen LogP contribution is -3.17. The Balaban J connectivity index is -0.000000122. The van der Waals surface area contributed by atoms with Crippen molar-refractivity contribution in [2.75, 3.05) is 92.8 Å². The number of aliphatic hydroxyl groups is 2. The first-order chi connectivity index (χ1) is 9.90. The van der Waals surface area contributed by atoms with Gasteiger partial charge in [0.2, 0.25) is 0 Å². The summed E-state index contributed by atoms with van der Waals surface area (Å²) >= 11 is 0. The number of hydrogen-bond donors (Lipinski definition) is 4. The maximum atomic E-state index is 7.00. The van der Waals surface area contributed by atoms with E-state index in [0.717, 1.165) is 14.2 Å². The summed E-state index contributed by atoms with van der Waals surface area (Å²) in [6.45, 7) is 16.6. The van der Waals surface area contributed by atoms with Gasteiger partial charge in [0.25, 0.3) is 0 Å². The summed E-state index contributed by atoms with van der Waals surface area (Å²) in [6, 6.07) is 0. The molecule has 24 heavy (non-hydrogen) atoms. The minimum Gasteiger partial charge on any atom is -1.00 e. The van der Waals surface area contributed by atoms with Gasteiger partial charge < -0.3 is 78.9 Å². The third-order valence-electron chi connectivity index (χ3n) is 4.69. The summed E-state index contributed by atoms with van der Waals surface area (Å²) < 4.78 is 0. The summed E-state index contributed by atoms with van der Waals surface area (Å²) in [4.78, 5) is 8.78. The van der Waals surface area contributed by atoms with E-state index < -0.39 is 0 Å². The second-order valence-electron chi connectivity index (χ2n) is 5.68. The highest BCUT2D eigenvalue weighted by molar-refractivity contribution is 4.65. The monoisotopic (exact) mass is 580 g/mol. The summed E-state index contributed by atoms with van der Waals surface area (Å²) in [6.07, 6.45) is 0. The van der Waals surface area contributed by atoms with Crippen molar-refractivity contribution < 1.29 is 78.9 Å². The molecule has 0 saturated carbocycles. The second kappa shape index (κ2) is 20.5. The van der Waals surface area contributed by atoms with Crippen LogP contribution in [0.5, 0.6) is 0 Å². The van der Waals surface area contributed by atoms with Gasteiger partial charge in [-0.1, -0.05) is 0 Å². The normalized spacial score (nSPS) is 30.5. The zero-order valence-electron chi connectivity index (χ0n) is 15.0. The number of halogens is 2. The summed E-state index contributed by atoms with van der Waals surface area (Å²) in [5.41, 5.74) is 0. The molecule has 0 aromatic rings. The van der Waals surface area contributed by atoms with Crippen LogP contribution in [0.4, 0.5) is 0 Å². The van der Waals surface area contributed by atoms with E-state index in [1.165, 1.54) is 78.5 Å². The number of nitrogens with zero attached hydrogens (tertiary/aromatic N) is 2. The Bertz CT molecular complexity index is 173. The minimum absolute atomic E-state index is 0. The molecule has 0 unspecified atom stereocenters. The van der Waals surface area contributed by atoms with Crippen molar-refractivity contribution in [3.8, 4) is 0 Å². The van der Waals surface area contributed by atoms with Gasteiger partial charge in [0.1, 0.15) is 0 Å². The molecule has 0 aliphatic carbocycles. The summed E-state index contributed by atoms with van der Waals surface area (Å²) in [5.74, 6) is 0. The number of quaternary nitrogens is 2. The molecule has 0 spiro atoms. The van der Waals surface area contributed by atoms with E-state index in [2.05, 4.69) is 9.80 Å². The Morgan fingerprint density at radius 2 is 0.667 bits per heavy atom. The predicted molar refractivity (Wildman–Crippen MR) is 87.5 cm³/mol. The maximum absolute atomic E-state index is 7.00. The molecular weight excluding hydrogens is 542 g/mol. The number of aliphatic hydroxyl groups excluding tert-OH is 2. The standard InChI is InChI=1S/2C6H12N2.2CH4O.2HI.2H2O/c2*1-2-8-5-3-7(1)4-6-8;2*1-2;;;;/h2*1-6H2;2*2H,1H3;2*1H;2*1H2. The topological polar surface area (TPSA) is 119 Å². The van der Waals surface area contributed by atoms with E-state index in [0.29, 0.717) is 0 Å². The zero-order valence-corrected chi connectivity index (χ0v) is 19.3. The molecule has 0 amide bonds. The fraction of sp³-hybridized carbons (Fsp3) is 1.00. The van der Waals surface area contributed by atoms with Gasteiger partial charge in [-0.05, 0) is 0 Å². The molecule has 6 fully saturated rings.